The number of ether oxygens (including phenoxy) is 1. The molecule has 1 aromatic carbocycles. The normalized spacial score (nSPS) is 22.9. The van der Waals surface area contributed by atoms with Gasteiger partial charge in [-0.05, 0) is 26.6 Å². The van der Waals surface area contributed by atoms with Crippen LogP contribution in [0, 0.1) is 0 Å². The molecule has 118 valence electrons. The van der Waals surface area contributed by atoms with Crippen LogP contribution in [0.15, 0.2) is 24.3 Å². The highest BCUT2D eigenvalue weighted by Gasteiger charge is 2.30. The molecular weight excluding hydrogens is 266 g/mol. The second kappa shape index (κ2) is 7.75. The summed E-state index contributed by atoms with van der Waals surface area (Å²) in [6.45, 7) is 3.64. The van der Waals surface area contributed by atoms with E-state index in [0.717, 1.165) is 37.4 Å². The van der Waals surface area contributed by atoms with Crippen molar-refractivity contribution in [2.24, 2.45) is 5.73 Å². The van der Waals surface area contributed by atoms with Crippen molar-refractivity contribution in [3.05, 3.63) is 29.8 Å². The van der Waals surface area contributed by atoms with Gasteiger partial charge in [-0.1, -0.05) is 18.2 Å². The van der Waals surface area contributed by atoms with Crippen LogP contribution >= 0.6 is 0 Å². The summed E-state index contributed by atoms with van der Waals surface area (Å²) < 4.78 is 5.86. The van der Waals surface area contributed by atoms with Gasteiger partial charge in [0.15, 0.2) is 0 Å². The molecule has 1 saturated heterocycles. The van der Waals surface area contributed by atoms with E-state index >= 15 is 0 Å². The van der Waals surface area contributed by atoms with Crippen LogP contribution in [0.4, 0.5) is 0 Å². The lowest BCUT2D eigenvalue weighted by Crippen LogP contribution is -2.39. The molecule has 2 unspecified atom stereocenters. The van der Waals surface area contributed by atoms with Crippen molar-refractivity contribution in [2.75, 3.05) is 40.3 Å². The number of aliphatic hydroxyl groups excluding tert-OH is 1. The molecule has 2 rings (SSSR count). The van der Waals surface area contributed by atoms with Gasteiger partial charge in [0.25, 0.3) is 0 Å². The van der Waals surface area contributed by atoms with E-state index in [2.05, 4.69) is 23.9 Å². The molecule has 1 aromatic rings. The van der Waals surface area contributed by atoms with Gasteiger partial charge in [-0.3, -0.25) is 4.90 Å². The number of benzene rings is 1. The van der Waals surface area contributed by atoms with Crippen molar-refractivity contribution in [3.63, 3.8) is 0 Å². The Bertz CT molecular complexity index is 439. The van der Waals surface area contributed by atoms with Gasteiger partial charge in [-0.2, -0.15) is 0 Å². The van der Waals surface area contributed by atoms with E-state index in [-0.39, 0.29) is 6.10 Å². The molecule has 0 spiro atoms. The summed E-state index contributed by atoms with van der Waals surface area (Å²) in [6.07, 6.45) is 0.628. The molecule has 0 radical (unpaired) electrons. The van der Waals surface area contributed by atoms with Crippen molar-refractivity contribution in [2.45, 2.75) is 25.1 Å². The Hall–Kier alpha value is -1.14. The topological polar surface area (TPSA) is 62.0 Å². The zero-order valence-corrected chi connectivity index (χ0v) is 13.0. The van der Waals surface area contributed by atoms with E-state index in [4.69, 9.17) is 10.5 Å². The Balaban J connectivity index is 1.84. The fraction of sp³-hybridized carbons (Fsp3) is 0.625. The summed E-state index contributed by atoms with van der Waals surface area (Å²) in [6, 6.07) is 8.28. The molecule has 3 N–H and O–H groups in total. The maximum Gasteiger partial charge on any atom is 0.123 e. The van der Waals surface area contributed by atoms with Gasteiger partial charge in [-0.25, -0.2) is 0 Å². The fourth-order valence-electron chi connectivity index (χ4n) is 2.93. The van der Waals surface area contributed by atoms with E-state index < -0.39 is 0 Å². The lowest BCUT2D eigenvalue weighted by Gasteiger charge is -2.26. The smallest absolute Gasteiger partial charge is 0.123 e. The number of likely N-dealkylation sites (N-methyl/N-ethyl adjacent to an activating group) is 1. The largest absolute Gasteiger partial charge is 0.492 e. The molecule has 1 aliphatic heterocycles. The summed E-state index contributed by atoms with van der Waals surface area (Å²) in [5, 5.41) is 9.86. The predicted molar refractivity (Wildman–Crippen MR) is 84.4 cm³/mol. The summed E-state index contributed by atoms with van der Waals surface area (Å²) in [5.74, 6) is 0.865. The van der Waals surface area contributed by atoms with Gasteiger partial charge < -0.3 is 20.5 Å². The molecular formula is C16H27N3O2. The zero-order valence-electron chi connectivity index (χ0n) is 13.0. The van der Waals surface area contributed by atoms with E-state index in [0.29, 0.717) is 19.2 Å². The molecule has 0 saturated carbocycles. The van der Waals surface area contributed by atoms with E-state index in [1.54, 1.807) is 0 Å². The zero-order chi connectivity index (χ0) is 15.2. The minimum atomic E-state index is -0.216. The number of para-hydroxylation sites is 1. The van der Waals surface area contributed by atoms with Crippen LogP contribution in [-0.4, -0.2) is 67.4 Å². The van der Waals surface area contributed by atoms with Gasteiger partial charge in [0.2, 0.25) is 0 Å². The predicted octanol–water partition coefficient (Wildman–Crippen LogP) is 0.521. The number of aliphatic hydroxyl groups is 1. The van der Waals surface area contributed by atoms with Gasteiger partial charge in [0, 0.05) is 37.8 Å². The molecule has 5 heteroatoms. The number of hydrogen-bond donors (Lipinski definition) is 2. The highest BCUT2D eigenvalue weighted by molar-refractivity contribution is 5.32. The van der Waals surface area contributed by atoms with Crippen LogP contribution in [0.1, 0.15) is 12.0 Å². The van der Waals surface area contributed by atoms with Crippen molar-refractivity contribution >= 4 is 0 Å². The first kappa shape index (κ1) is 16.2. The molecule has 0 aromatic heterocycles. The third kappa shape index (κ3) is 4.68. The Labute approximate surface area is 127 Å². The van der Waals surface area contributed by atoms with E-state index in [1.165, 1.54) is 0 Å². The van der Waals surface area contributed by atoms with Crippen molar-refractivity contribution in [1.29, 1.82) is 0 Å². The minimum Gasteiger partial charge on any atom is -0.492 e. The summed E-state index contributed by atoms with van der Waals surface area (Å²) in [4.78, 5) is 4.48. The number of β-amino-alcohol motifs (C(OH)–C–C–N with tert-alkyl or cyclic N) is 1. The van der Waals surface area contributed by atoms with Crippen LogP contribution < -0.4 is 10.5 Å². The first-order valence-corrected chi connectivity index (χ1v) is 7.57. The lowest BCUT2D eigenvalue weighted by molar-refractivity contribution is 0.155. The summed E-state index contributed by atoms with van der Waals surface area (Å²) in [5.41, 5.74) is 6.74. The first-order chi connectivity index (χ1) is 10.1. The maximum absolute atomic E-state index is 9.86. The molecule has 0 amide bonds. The molecule has 2 atom stereocenters. The molecule has 1 heterocycles. The molecule has 1 fully saturated rings. The number of likely N-dealkylation sites (tertiary alicyclic amines) is 1. The SMILES string of the molecule is CN(C)CC1CC(O)CN1CCOc1ccccc1CN. The average Bonchev–Trinajstić information content (AvgIpc) is 2.78. The van der Waals surface area contributed by atoms with Gasteiger partial charge in [-0.15, -0.1) is 0 Å². The number of hydrogen-bond acceptors (Lipinski definition) is 5. The Morgan fingerprint density at radius 3 is 2.86 bits per heavy atom. The third-order valence-corrected chi connectivity index (χ3v) is 3.91. The monoisotopic (exact) mass is 293 g/mol. The van der Waals surface area contributed by atoms with Crippen LogP contribution in [0.5, 0.6) is 5.75 Å². The standard InChI is InChI=1S/C16H27N3O2/c1-18(2)11-14-9-15(20)12-19(14)7-8-21-16-6-4-3-5-13(16)10-17/h3-6,14-15,20H,7-12,17H2,1-2H3. The third-order valence-electron chi connectivity index (χ3n) is 3.91. The highest BCUT2D eigenvalue weighted by atomic mass is 16.5. The van der Waals surface area contributed by atoms with Gasteiger partial charge >= 0.3 is 0 Å². The van der Waals surface area contributed by atoms with E-state index in [9.17, 15) is 5.11 Å². The Kier molecular flexibility index (Phi) is 5.99. The quantitative estimate of drug-likeness (QED) is 0.767. The summed E-state index contributed by atoms with van der Waals surface area (Å²) >= 11 is 0. The highest BCUT2D eigenvalue weighted by Crippen LogP contribution is 2.20. The Morgan fingerprint density at radius 1 is 1.38 bits per heavy atom. The van der Waals surface area contributed by atoms with Gasteiger partial charge in [0.1, 0.15) is 12.4 Å². The second-order valence-corrected chi connectivity index (χ2v) is 5.96. The number of nitrogens with two attached hydrogens (primary N) is 1. The molecule has 0 bridgehead atoms. The van der Waals surface area contributed by atoms with Crippen molar-refractivity contribution in [1.82, 2.24) is 9.80 Å². The average molecular weight is 293 g/mol. The number of nitrogens with zero attached hydrogens (tertiary/aromatic N) is 2. The van der Waals surface area contributed by atoms with Crippen LogP contribution in [-0.2, 0) is 6.54 Å². The van der Waals surface area contributed by atoms with Crippen LogP contribution in [0.25, 0.3) is 0 Å². The molecule has 1 aliphatic rings. The van der Waals surface area contributed by atoms with Gasteiger partial charge in [0.05, 0.1) is 6.10 Å². The second-order valence-electron chi connectivity index (χ2n) is 5.96. The lowest BCUT2D eigenvalue weighted by atomic mass is 10.2. The number of rotatable bonds is 7. The fourth-order valence-corrected chi connectivity index (χ4v) is 2.93. The molecule has 0 aliphatic carbocycles. The molecule has 5 nitrogen and oxygen atoms in total. The van der Waals surface area contributed by atoms with Crippen LogP contribution in [0.2, 0.25) is 0 Å². The van der Waals surface area contributed by atoms with E-state index in [1.807, 2.05) is 24.3 Å². The summed E-state index contributed by atoms with van der Waals surface area (Å²) in [7, 11) is 4.13. The molecule has 21 heavy (non-hydrogen) atoms. The van der Waals surface area contributed by atoms with Crippen molar-refractivity contribution in [3.8, 4) is 5.75 Å². The Morgan fingerprint density at radius 2 is 2.14 bits per heavy atom. The van der Waals surface area contributed by atoms with Crippen LogP contribution in [0.3, 0.4) is 0 Å². The minimum absolute atomic E-state index is 0.216. The van der Waals surface area contributed by atoms with Crippen molar-refractivity contribution < 1.29 is 9.84 Å². The maximum atomic E-state index is 9.86. The first-order valence-electron chi connectivity index (χ1n) is 7.57.